The first-order valence-electron chi connectivity index (χ1n) is 14.3. The van der Waals surface area contributed by atoms with Crippen LogP contribution in [0, 0.1) is 5.92 Å². The third-order valence-corrected chi connectivity index (χ3v) is 7.20. The monoisotopic (exact) mass is 570 g/mol. The van der Waals surface area contributed by atoms with Gasteiger partial charge in [-0.2, -0.15) is 0 Å². The van der Waals surface area contributed by atoms with Gasteiger partial charge in [0.15, 0.2) is 0 Å². The van der Waals surface area contributed by atoms with Crippen molar-refractivity contribution in [2.45, 2.75) is 58.3 Å². The molecule has 3 rings (SSSR count). The molecule has 3 N–H and O–H groups in total. The lowest BCUT2D eigenvalue weighted by molar-refractivity contribution is -0.0137. The first kappa shape index (κ1) is 32.2. The van der Waals surface area contributed by atoms with E-state index in [1.54, 1.807) is 54.5 Å². The SMILES string of the molecule is COc1ccc(NC(=O)Nc2ccc3c(c2)C(=O)N([C@H](C)CO)C[C@@H](C)[C@@H](CN(C)C)OCCCC[C@@H](C)O3)cc1. The lowest BCUT2D eigenvalue weighted by atomic mass is 10.0. The minimum Gasteiger partial charge on any atom is -0.497 e. The number of ether oxygens (including phenoxy) is 3. The minimum atomic E-state index is -0.448. The predicted molar refractivity (Wildman–Crippen MR) is 161 cm³/mol. The molecule has 0 aliphatic carbocycles. The third kappa shape index (κ3) is 9.62. The van der Waals surface area contributed by atoms with Crippen LogP contribution in [0.3, 0.4) is 0 Å². The second-order valence-electron chi connectivity index (χ2n) is 11.1. The Morgan fingerprint density at radius 2 is 1.80 bits per heavy atom. The third-order valence-electron chi connectivity index (χ3n) is 7.20. The molecule has 226 valence electrons. The van der Waals surface area contributed by atoms with Crippen molar-refractivity contribution in [1.29, 1.82) is 0 Å². The van der Waals surface area contributed by atoms with Gasteiger partial charge < -0.3 is 39.8 Å². The molecule has 10 nitrogen and oxygen atoms in total. The summed E-state index contributed by atoms with van der Waals surface area (Å²) in [7, 11) is 5.60. The number of amides is 3. The molecule has 1 aliphatic rings. The summed E-state index contributed by atoms with van der Waals surface area (Å²) in [5.74, 6) is 0.869. The van der Waals surface area contributed by atoms with Gasteiger partial charge in [0.25, 0.3) is 5.91 Å². The van der Waals surface area contributed by atoms with Crippen molar-refractivity contribution >= 4 is 23.3 Å². The number of aliphatic hydroxyl groups excluding tert-OH is 1. The Labute approximate surface area is 243 Å². The normalized spacial score (nSPS) is 21.3. The maximum absolute atomic E-state index is 14.1. The summed E-state index contributed by atoms with van der Waals surface area (Å²) in [5.41, 5.74) is 1.37. The molecular weight excluding hydrogens is 524 g/mol. The molecule has 0 bridgehead atoms. The highest BCUT2D eigenvalue weighted by Gasteiger charge is 2.30. The zero-order valence-corrected chi connectivity index (χ0v) is 25.2. The van der Waals surface area contributed by atoms with Crippen molar-refractivity contribution in [1.82, 2.24) is 9.80 Å². The van der Waals surface area contributed by atoms with Crippen LogP contribution in [0.2, 0.25) is 0 Å². The molecule has 0 radical (unpaired) electrons. The molecule has 2 aromatic rings. The van der Waals surface area contributed by atoms with Crippen molar-refractivity contribution in [2.75, 3.05) is 58.1 Å². The number of hydrogen-bond donors (Lipinski definition) is 3. The molecule has 41 heavy (non-hydrogen) atoms. The number of carbonyl (C=O) groups is 2. The molecule has 0 fully saturated rings. The average molecular weight is 571 g/mol. The van der Waals surface area contributed by atoms with Crippen LogP contribution in [0.4, 0.5) is 16.2 Å². The van der Waals surface area contributed by atoms with Crippen LogP contribution < -0.4 is 20.1 Å². The summed E-state index contributed by atoms with van der Waals surface area (Å²) in [5, 5.41) is 15.7. The Hall–Kier alpha value is -3.34. The van der Waals surface area contributed by atoms with Gasteiger partial charge in [0.2, 0.25) is 0 Å². The Bertz CT molecular complexity index is 1130. The van der Waals surface area contributed by atoms with E-state index >= 15 is 0 Å². The molecule has 0 saturated carbocycles. The van der Waals surface area contributed by atoms with Crippen molar-refractivity contribution in [3.05, 3.63) is 48.0 Å². The Morgan fingerprint density at radius 1 is 1.12 bits per heavy atom. The van der Waals surface area contributed by atoms with Crippen LogP contribution in [-0.2, 0) is 4.74 Å². The van der Waals surface area contributed by atoms with Crippen LogP contribution in [-0.4, -0.2) is 92.6 Å². The van der Waals surface area contributed by atoms with Crippen molar-refractivity contribution in [2.24, 2.45) is 5.92 Å². The van der Waals surface area contributed by atoms with Crippen LogP contribution in [0.15, 0.2) is 42.5 Å². The highest BCUT2D eigenvalue weighted by molar-refractivity contribution is 6.02. The van der Waals surface area contributed by atoms with Gasteiger partial charge in [-0.15, -0.1) is 0 Å². The molecule has 0 unspecified atom stereocenters. The van der Waals surface area contributed by atoms with Crippen molar-refractivity contribution in [3.63, 3.8) is 0 Å². The standard InChI is InChI=1S/C31H46N4O6/c1-21-18-35(22(2)20-36)30(37)27-17-25(33-31(38)32-24-10-13-26(39-6)14-11-24)12-15-28(27)41-23(3)9-7-8-16-40-29(21)19-34(4)5/h10-15,17,21-23,29,36H,7-9,16,18-20H2,1-6H3,(H2,32,33,38)/t21-,22-,23-,29-/m1/s1. The molecule has 1 aliphatic heterocycles. The second kappa shape index (κ2) is 15.6. The smallest absolute Gasteiger partial charge is 0.323 e. The Balaban J connectivity index is 1.91. The number of methoxy groups -OCH3 is 1. The van der Waals surface area contributed by atoms with Crippen LogP contribution in [0.25, 0.3) is 0 Å². The zero-order valence-electron chi connectivity index (χ0n) is 25.2. The van der Waals surface area contributed by atoms with E-state index in [1.807, 2.05) is 27.9 Å². The Morgan fingerprint density at radius 3 is 2.46 bits per heavy atom. The van der Waals surface area contributed by atoms with Gasteiger partial charge in [-0.05, 0) is 89.7 Å². The van der Waals surface area contributed by atoms with Crippen LogP contribution in [0.1, 0.15) is 50.4 Å². The summed E-state index contributed by atoms with van der Waals surface area (Å²) in [6.07, 6.45) is 2.47. The summed E-state index contributed by atoms with van der Waals surface area (Å²) in [4.78, 5) is 30.7. The van der Waals surface area contributed by atoms with Crippen molar-refractivity contribution in [3.8, 4) is 11.5 Å². The van der Waals surface area contributed by atoms with E-state index in [4.69, 9.17) is 14.2 Å². The second-order valence-corrected chi connectivity index (χ2v) is 11.1. The zero-order chi connectivity index (χ0) is 29.9. The maximum atomic E-state index is 14.1. The molecule has 0 aromatic heterocycles. The number of fused-ring (bicyclic) bond motifs is 1. The van der Waals surface area contributed by atoms with E-state index in [-0.39, 0.29) is 30.6 Å². The highest BCUT2D eigenvalue weighted by atomic mass is 16.5. The molecular formula is C31H46N4O6. The van der Waals surface area contributed by atoms with E-state index in [0.29, 0.717) is 41.6 Å². The first-order valence-corrected chi connectivity index (χ1v) is 14.3. The van der Waals surface area contributed by atoms with Gasteiger partial charge in [0.05, 0.1) is 37.5 Å². The highest BCUT2D eigenvalue weighted by Crippen LogP contribution is 2.28. The average Bonchev–Trinajstić information content (AvgIpc) is 2.94. The number of benzene rings is 2. The minimum absolute atomic E-state index is 0.0122. The first-order chi connectivity index (χ1) is 19.6. The quantitative estimate of drug-likeness (QED) is 0.443. The number of anilines is 2. The summed E-state index contributed by atoms with van der Waals surface area (Å²) in [6.45, 7) is 7.46. The number of nitrogens with zero attached hydrogens (tertiary/aromatic N) is 2. The summed E-state index contributed by atoms with van der Waals surface area (Å²) in [6, 6.07) is 11.2. The van der Waals surface area contributed by atoms with E-state index in [2.05, 4.69) is 22.5 Å². The fourth-order valence-corrected chi connectivity index (χ4v) is 4.79. The van der Waals surface area contributed by atoms with Gasteiger partial charge in [-0.1, -0.05) is 6.92 Å². The number of hydrogen-bond acceptors (Lipinski definition) is 7. The van der Waals surface area contributed by atoms with Gasteiger partial charge in [0.1, 0.15) is 11.5 Å². The van der Waals surface area contributed by atoms with Crippen LogP contribution in [0.5, 0.6) is 11.5 Å². The number of likely N-dealkylation sites (N-methyl/N-ethyl adjacent to an activating group) is 1. The molecule has 10 heteroatoms. The van der Waals surface area contributed by atoms with Gasteiger partial charge in [-0.25, -0.2) is 4.79 Å². The van der Waals surface area contributed by atoms with E-state index in [0.717, 1.165) is 25.8 Å². The molecule has 3 amide bonds. The molecule has 0 saturated heterocycles. The van der Waals surface area contributed by atoms with Crippen LogP contribution >= 0.6 is 0 Å². The maximum Gasteiger partial charge on any atom is 0.323 e. The van der Waals surface area contributed by atoms with E-state index in [1.165, 1.54) is 0 Å². The number of rotatable bonds is 7. The van der Waals surface area contributed by atoms with Gasteiger partial charge >= 0.3 is 6.03 Å². The van der Waals surface area contributed by atoms with Crippen molar-refractivity contribution < 1.29 is 28.9 Å². The lowest BCUT2D eigenvalue weighted by Crippen LogP contribution is -2.47. The fraction of sp³-hybridized carbons (Fsp3) is 0.548. The topological polar surface area (TPSA) is 113 Å². The summed E-state index contributed by atoms with van der Waals surface area (Å²) < 4.78 is 17.7. The molecule has 4 atom stereocenters. The largest absolute Gasteiger partial charge is 0.497 e. The number of carbonyl (C=O) groups excluding carboxylic acids is 2. The number of nitrogens with one attached hydrogen (secondary N) is 2. The number of aliphatic hydroxyl groups is 1. The summed E-state index contributed by atoms with van der Waals surface area (Å²) >= 11 is 0. The fourth-order valence-electron chi connectivity index (χ4n) is 4.79. The lowest BCUT2D eigenvalue weighted by Gasteiger charge is -2.35. The van der Waals surface area contributed by atoms with E-state index < -0.39 is 12.1 Å². The Kier molecular flexibility index (Phi) is 12.2. The predicted octanol–water partition coefficient (Wildman–Crippen LogP) is 4.70. The van der Waals surface area contributed by atoms with Gasteiger partial charge in [0, 0.05) is 37.0 Å². The van der Waals surface area contributed by atoms with Gasteiger partial charge in [-0.3, -0.25) is 4.79 Å². The van der Waals surface area contributed by atoms with E-state index in [9.17, 15) is 14.7 Å². The molecule has 0 spiro atoms. The number of urea groups is 1. The molecule has 2 aromatic carbocycles. The molecule has 1 heterocycles.